The van der Waals surface area contributed by atoms with Crippen LogP contribution in [-0.2, 0) is 32.0 Å². The number of hydrogen-bond acceptors (Lipinski definition) is 5. The van der Waals surface area contributed by atoms with Crippen molar-refractivity contribution < 1.29 is 14.2 Å². The maximum atomic E-state index is 13.1. The Hall–Kier alpha value is -4.15. The molecule has 4 rings (SSSR count). The van der Waals surface area contributed by atoms with Crippen molar-refractivity contribution in [3.05, 3.63) is 56.7 Å². The smallest absolute Gasteiger partial charge is 0.394 e. The van der Waals surface area contributed by atoms with Gasteiger partial charge >= 0.3 is 11.6 Å². The highest BCUT2D eigenvalue weighted by molar-refractivity contribution is 5.91. The van der Waals surface area contributed by atoms with Gasteiger partial charge in [-0.2, -0.15) is 0 Å². The Bertz CT molecular complexity index is 1590. The van der Waals surface area contributed by atoms with E-state index < -0.39 is 0 Å². The molecule has 1 atom stereocenters. The van der Waals surface area contributed by atoms with Gasteiger partial charge in [0.05, 0.1) is 13.1 Å². The molecule has 4 aromatic rings. The number of hydrogen-bond donors (Lipinski definition) is 2. The number of aromatic amines is 1. The first-order valence-corrected chi connectivity index (χ1v) is 13.5. The molecular weight excluding hydrogens is 498 g/mol. The monoisotopic (exact) mass is 536 g/mol. The van der Waals surface area contributed by atoms with E-state index >= 15 is 0 Å². The van der Waals surface area contributed by atoms with E-state index in [0.717, 1.165) is 12.8 Å². The first-order chi connectivity index (χ1) is 18.7. The average molecular weight is 537 g/mol. The second-order valence-corrected chi connectivity index (χ2v) is 9.86. The second kappa shape index (κ2) is 11.7. The van der Waals surface area contributed by atoms with E-state index in [-0.39, 0.29) is 29.3 Å². The van der Waals surface area contributed by atoms with Gasteiger partial charge in [-0.1, -0.05) is 44.5 Å². The Balaban J connectivity index is 1.57. The maximum Gasteiger partial charge on any atom is 0.394 e. The molecule has 1 aromatic carbocycles. The molecule has 0 aliphatic rings. The summed E-state index contributed by atoms with van der Waals surface area (Å²) < 4.78 is 12.2. The van der Waals surface area contributed by atoms with E-state index in [0.29, 0.717) is 54.2 Å². The van der Waals surface area contributed by atoms with Crippen LogP contribution in [0.25, 0.3) is 22.7 Å². The van der Waals surface area contributed by atoms with Crippen LogP contribution in [0.4, 0.5) is 5.69 Å². The number of carbonyl (C=O) groups is 1. The summed E-state index contributed by atoms with van der Waals surface area (Å²) in [6.45, 7) is 8.83. The average Bonchev–Trinajstić information content (AvgIpc) is 3.49. The minimum atomic E-state index is -0.383. The van der Waals surface area contributed by atoms with Gasteiger partial charge in [-0.3, -0.25) is 18.7 Å². The molecule has 39 heavy (non-hydrogen) atoms. The highest BCUT2D eigenvalue weighted by Crippen LogP contribution is 2.22. The van der Waals surface area contributed by atoms with Crippen LogP contribution in [0.1, 0.15) is 58.4 Å². The first-order valence-electron chi connectivity index (χ1n) is 13.5. The van der Waals surface area contributed by atoms with Gasteiger partial charge in [0.2, 0.25) is 0 Å². The molecule has 1 amide bonds. The highest BCUT2D eigenvalue weighted by Gasteiger charge is 2.25. The molecule has 11 heteroatoms. The molecule has 0 aliphatic heterocycles. The number of nitrogens with one attached hydrogen (secondary N) is 2. The lowest BCUT2D eigenvalue weighted by molar-refractivity contribution is -0.754. The minimum absolute atomic E-state index is 0.178. The Morgan fingerprint density at radius 1 is 1.10 bits per heavy atom. The van der Waals surface area contributed by atoms with Crippen LogP contribution in [0, 0.1) is 0 Å². The zero-order valence-electron chi connectivity index (χ0n) is 23.6. The van der Waals surface area contributed by atoms with E-state index in [9.17, 15) is 14.4 Å². The van der Waals surface area contributed by atoms with Crippen molar-refractivity contribution in [2.75, 3.05) is 11.9 Å². The Morgan fingerprint density at radius 3 is 2.41 bits per heavy atom. The molecule has 0 radical (unpaired) electrons. The third kappa shape index (κ3) is 5.52. The van der Waals surface area contributed by atoms with Crippen molar-refractivity contribution >= 4 is 22.8 Å². The van der Waals surface area contributed by atoms with E-state index in [1.807, 2.05) is 45.2 Å². The summed E-state index contributed by atoms with van der Waals surface area (Å²) in [4.78, 5) is 46.4. The Morgan fingerprint density at radius 2 is 1.77 bits per heavy atom. The number of rotatable bonds is 11. The summed E-state index contributed by atoms with van der Waals surface area (Å²) in [6, 6.07) is 9.60. The van der Waals surface area contributed by atoms with E-state index in [4.69, 9.17) is 4.74 Å². The molecule has 0 spiro atoms. The van der Waals surface area contributed by atoms with Crippen LogP contribution in [0.15, 0.2) is 39.9 Å². The van der Waals surface area contributed by atoms with E-state index in [1.165, 1.54) is 10.1 Å². The standard InChI is InChI=1S/C28H37N7O4/c1-7-14-34-26-24(27(37)35(15-8-2)28(34)38)30-25(31-26)21-16-23(33(6)32(21)5)39-17-22(36)29-20-12-10-19(11-13-20)18(4)9-3/h10-13,16,18H,7-9,14-15,17H2,1-6H3,(H,29,36)/p+1. The number of benzene rings is 1. The zero-order valence-corrected chi connectivity index (χ0v) is 23.6. The Kier molecular flexibility index (Phi) is 8.37. The molecule has 0 saturated heterocycles. The maximum absolute atomic E-state index is 13.1. The van der Waals surface area contributed by atoms with Crippen molar-refractivity contribution in [3.8, 4) is 17.4 Å². The molecule has 3 heterocycles. The number of aromatic nitrogens is 6. The summed E-state index contributed by atoms with van der Waals surface area (Å²) in [5.74, 6) is 1.07. The number of carbonyl (C=O) groups excluding carboxylic acids is 1. The van der Waals surface area contributed by atoms with E-state index in [2.05, 4.69) is 29.1 Å². The summed E-state index contributed by atoms with van der Waals surface area (Å²) in [7, 11) is 3.62. The normalized spacial score (nSPS) is 12.2. The number of ether oxygens (including phenoxy) is 1. The largest absolute Gasteiger partial charge is 0.433 e. The molecule has 2 N–H and O–H groups in total. The number of nitrogens with zero attached hydrogens (tertiary/aromatic N) is 5. The van der Waals surface area contributed by atoms with Crippen molar-refractivity contribution in [2.24, 2.45) is 14.1 Å². The van der Waals surface area contributed by atoms with Crippen molar-refractivity contribution in [3.63, 3.8) is 0 Å². The molecule has 1 unspecified atom stereocenters. The fourth-order valence-electron chi connectivity index (χ4n) is 4.57. The number of H-pyrrole nitrogens is 1. The Labute approximate surface area is 227 Å². The van der Waals surface area contributed by atoms with Gasteiger partial charge in [0, 0.05) is 18.8 Å². The lowest BCUT2D eigenvalue weighted by atomic mass is 9.99. The van der Waals surface area contributed by atoms with Gasteiger partial charge in [0.25, 0.3) is 11.5 Å². The van der Waals surface area contributed by atoms with Crippen molar-refractivity contribution in [1.29, 1.82) is 0 Å². The van der Waals surface area contributed by atoms with Crippen LogP contribution in [0.3, 0.4) is 0 Å². The fourth-order valence-corrected chi connectivity index (χ4v) is 4.57. The SMILES string of the molecule is CCCn1c(=O)c2[nH]c(-c3cc(OCC(=O)Nc4ccc(C(C)CC)cc4)[n+](C)n3C)nc2n(CCC)c1=O. The van der Waals surface area contributed by atoms with Gasteiger partial charge in [0.15, 0.2) is 30.8 Å². The summed E-state index contributed by atoms with van der Waals surface area (Å²) in [5.41, 5.74) is 2.47. The number of fused-ring (bicyclic) bond motifs is 1. The summed E-state index contributed by atoms with van der Waals surface area (Å²) in [6.07, 6.45) is 2.45. The summed E-state index contributed by atoms with van der Waals surface area (Å²) in [5, 5.41) is 2.86. The van der Waals surface area contributed by atoms with Crippen LogP contribution < -0.4 is 26.0 Å². The van der Waals surface area contributed by atoms with Crippen LogP contribution >= 0.6 is 0 Å². The number of amides is 1. The predicted octanol–water partition coefficient (Wildman–Crippen LogP) is 3.07. The van der Waals surface area contributed by atoms with Crippen LogP contribution in [0.5, 0.6) is 5.88 Å². The number of aryl methyl sites for hydroxylation is 1. The van der Waals surface area contributed by atoms with Gasteiger partial charge in [-0.15, -0.1) is 4.68 Å². The van der Waals surface area contributed by atoms with Crippen LogP contribution in [-0.4, -0.2) is 36.3 Å². The lowest BCUT2D eigenvalue weighted by Crippen LogP contribution is -2.40. The lowest BCUT2D eigenvalue weighted by Gasteiger charge is -2.10. The first kappa shape index (κ1) is 27.9. The topological polar surface area (TPSA) is 120 Å². The second-order valence-electron chi connectivity index (χ2n) is 9.86. The fraction of sp³-hybridized carbons (Fsp3) is 0.464. The van der Waals surface area contributed by atoms with Gasteiger partial charge in [-0.05, 0) is 42.9 Å². The summed E-state index contributed by atoms with van der Waals surface area (Å²) >= 11 is 0. The van der Waals surface area contributed by atoms with Gasteiger partial charge in [0.1, 0.15) is 5.52 Å². The minimum Gasteiger partial charge on any atom is -0.433 e. The number of anilines is 1. The molecule has 0 aliphatic carbocycles. The third-order valence-electron chi connectivity index (χ3n) is 7.10. The van der Waals surface area contributed by atoms with Gasteiger partial charge in [-0.25, -0.2) is 9.78 Å². The van der Waals surface area contributed by atoms with Crippen LogP contribution in [0.2, 0.25) is 0 Å². The molecule has 11 nitrogen and oxygen atoms in total. The third-order valence-corrected chi connectivity index (χ3v) is 7.10. The molecule has 0 fully saturated rings. The van der Waals surface area contributed by atoms with Gasteiger partial charge < -0.3 is 15.0 Å². The highest BCUT2D eigenvalue weighted by atomic mass is 16.5. The predicted molar refractivity (Wildman–Crippen MR) is 150 cm³/mol. The van der Waals surface area contributed by atoms with E-state index in [1.54, 1.807) is 27.0 Å². The van der Waals surface area contributed by atoms with Crippen molar-refractivity contribution in [1.82, 2.24) is 23.8 Å². The molecular formula is C28H38N7O4+. The molecule has 0 saturated carbocycles. The quantitative estimate of drug-likeness (QED) is 0.286. The number of imidazole rings is 1. The molecule has 3 aromatic heterocycles. The zero-order chi connectivity index (χ0) is 28.3. The van der Waals surface area contributed by atoms with Crippen molar-refractivity contribution in [2.45, 2.75) is 66.0 Å². The molecule has 208 valence electrons. The molecule has 0 bridgehead atoms.